The van der Waals surface area contributed by atoms with Crippen molar-refractivity contribution in [2.45, 2.75) is 12.5 Å². The van der Waals surface area contributed by atoms with E-state index in [2.05, 4.69) is 26.9 Å². The number of ether oxygens (including phenoxy) is 2. The first-order chi connectivity index (χ1) is 13.3. The highest BCUT2D eigenvalue weighted by Gasteiger charge is 2.29. The standard InChI is InChI=1S/C19H24N4O4/c24-12-15(25)13-27-18-16-6-7-23(14-4-2-1-3-5-14)17(16)20-19(21-18)22-8-10-26-11-9-22/h1-5,15,24-25H,6-13H2. The zero-order valence-electron chi connectivity index (χ0n) is 15.1. The van der Waals surface area contributed by atoms with Gasteiger partial charge in [-0.1, -0.05) is 18.2 Å². The van der Waals surface area contributed by atoms with Gasteiger partial charge >= 0.3 is 0 Å². The molecular formula is C19H24N4O4. The van der Waals surface area contributed by atoms with E-state index >= 15 is 0 Å². The lowest BCUT2D eigenvalue weighted by Gasteiger charge is -2.28. The van der Waals surface area contributed by atoms with Crippen LogP contribution in [-0.2, 0) is 11.2 Å². The summed E-state index contributed by atoms with van der Waals surface area (Å²) in [5, 5.41) is 18.7. The van der Waals surface area contributed by atoms with Gasteiger partial charge in [0.05, 0.1) is 25.4 Å². The molecule has 144 valence electrons. The molecule has 2 aromatic rings. The highest BCUT2D eigenvalue weighted by molar-refractivity contribution is 5.69. The third-order valence-corrected chi connectivity index (χ3v) is 4.76. The van der Waals surface area contributed by atoms with Crippen molar-refractivity contribution in [2.75, 3.05) is 55.9 Å². The van der Waals surface area contributed by atoms with Gasteiger partial charge in [0.25, 0.3) is 0 Å². The number of anilines is 3. The summed E-state index contributed by atoms with van der Waals surface area (Å²) >= 11 is 0. The number of fused-ring (bicyclic) bond motifs is 1. The molecule has 0 amide bonds. The number of aliphatic hydroxyl groups is 2. The third-order valence-electron chi connectivity index (χ3n) is 4.76. The number of nitrogens with zero attached hydrogens (tertiary/aromatic N) is 4. The van der Waals surface area contributed by atoms with Gasteiger partial charge in [-0.05, 0) is 18.6 Å². The highest BCUT2D eigenvalue weighted by Crippen LogP contribution is 2.38. The minimum Gasteiger partial charge on any atom is -0.474 e. The lowest BCUT2D eigenvalue weighted by Crippen LogP contribution is -2.37. The Morgan fingerprint density at radius 1 is 1.11 bits per heavy atom. The Hall–Kier alpha value is -2.42. The van der Waals surface area contributed by atoms with Crippen LogP contribution in [0.15, 0.2) is 30.3 Å². The van der Waals surface area contributed by atoms with Crippen molar-refractivity contribution in [3.8, 4) is 5.88 Å². The maximum atomic E-state index is 9.66. The fraction of sp³-hybridized carbons (Fsp3) is 0.474. The van der Waals surface area contributed by atoms with Gasteiger partial charge in [-0.15, -0.1) is 0 Å². The number of para-hydroxylation sites is 1. The minimum absolute atomic E-state index is 0.00611. The molecule has 1 atom stereocenters. The topological polar surface area (TPSA) is 91.2 Å². The van der Waals surface area contributed by atoms with Gasteiger partial charge in [0.2, 0.25) is 11.8 Å². The van der Waals surface area contributed by atoms with E-state index in [1.165, 1.54) is 0 Å². The average Bonchev–Trinajstić information content (AvgIpc) is 3.17. The average molecular weight is 372 g/mol. The Balaban J connectivity index is 1.69. The molecule has 1 saturated heterocycles. The molecule has 1 aromatic carbocycles. The summed E-state index contributed by atoms with van der Waals surface area (Å²) in [4.78, 5) is 13.7. The number of aromatic nitrogens is 2. The van der Waals surface area contributed by atoms with Crippen molar-refractivity contribution in [3.05, 3.63) is 35.9 Å². The van der Waals surface area contributed by atoms with Gasteiger partial charge in [0.1, 0.15) is 18.5 Å². The van der Waals surface area contributed by atoms with E-state index in [-0.39, 0.29) is 13.2 Å². The van der Waals surface area contributed by atoms with Gasteiger partial charge in [-0.2, -0.15) is 9.97 Å². The Labute approximate surface area is 158 Å². The minimum atomic E-state index is -0.936. The second-order valence-electron chi connectivity index (χ2n) is 6.61. The Bertz CT molecular complexity index is 768. The van der Waals surface area contributed by atoms with Crippen molar-refractivity contribution in [2.24, 2.45) is 0 Å². The van der Waals surface area contributed by atoms with Crippen LogP contribution in [0.25, 0.3) is 0 Å². The van der Waals surface area contributed by atoms with Gasteiger partial charge in [0, 0.05) is 25.3 Å². The Morgan fingerprint density at radius 2 is 1.89 bits per heavy atom. The van der Waals surface area contributed by atoms with E-state index in [4.69, 9.17) is 19.6 Å². The van der Waals surface area contributed by atoms with E-state index in [0.29, 0.717) is 25.0 Å². The summed E-state index contributed by atoms with van der Waals surface area (Å²) in [5.74, 6) is 1.92. The van der Waals surface area contributed by atoms with Gasteiger partial charge in [-0.3, -0.25) is 0 Å². The molecule has 2 N–H and O–H groups in total. The maximum absolute atomic E-state index is 9.66. The van der Waals surface area contributed by atoms with Crippen molar-refractivity contribution in [3.63, 3.8) is 0 Å². The zero-order chi connectivity index (χ0) is 18.6. The summed E-state index contributed by atoms with van der Waals surface area (Å²) in [6.45, 7) is 3.17. The summed E-state index contributed by atoms with van der Waals surface area (Å²) in [7, 11) is 0. The van der Waals surface area contributed by atoms with Crippen LogP contribution in [0.4, 0.5) is 17.5 Å². The second kappa shape index (κ2) is 8.08. The summed E-state index contributed by atoms with van der Waals surface area (Å²) in [5.41, 5.74) is 2.00. The molecule has 27 heavy (non-hydrogen) atoms. The SMILES string of the molecule is OCC(O)COc1nc(N2CCOCC2)nc2c1CCN2c1ccccc1. The summed E-state index contributed by atoms with van der Waals surface area (Å²) in [6, 6.07) is 10.1. The van der Waals surface area contributed by atoms with Crippen molar-refractivity contribution < 1.29 is 19.7 Å². The quantitative estimate of drug-likeness (QED) is 0.767. The molecule has 1 unspecified atom stereocenters. The molecule has 4 rings (SSSR count). The number of aliphatic hydroxyl groups excluding tert-OH is 2. The highest BCUT2D eigenvalue weighted by atomic mass is 16.5. The smallest absolute Gasteiger partial charge is 0.230 e. The van der Waals surface area contributed by atoms with Crippen LogP contribution in [0.5, 0.6) is 5.88 Å². The lowest BCUT2D eigenvalue weighted by molar-refractivity contribution is 0.0518. The van der Waals surface area contributed by atoms with E-state index in [1.807, 2.05) is 18.2 Å². The van der Waals surface area contributed by atoms with Crippen LogP contribution in [0.1, 0.15) is 5.56 Å². The molecule has 8 nitrogen and oxygen atoms in total. The zero-order valence-corrected chi connectivity index (χ0v) is 15.1. The van der Waals surface area contributed by atoms with Crippen LogP contribution in [-0.4, -0.2) is 72.3 Å². The molecule has 2 aliphatic rings. The van der Waals surface area contributed by atoms with Crippen LogP contribution < -0.4 is 14.5 Å². The molecule has 1 aromatic heterocycles. The maximum Gasteiger partial charge on any atom is 0.230 e. The first-order valence-electron chi connectivity index (χ1n) is 9.24. The van der Waals surface area contributed by atoms with Crippen molar-refractivity contribution in [1.82, 2.24) is 9.97 Å². The van der Waals surface area contributed by atoms with E-state index < -0.39 is 6.10 Å². The molecule has 1 fully saturated rings. The second-order valence-corrected chi connectivity index (χ2v) is 6.61. The molecule has 0 saturated carbocycles. The van der Waals surface area contributed by atoms with Gasteiger partial charge in [-0.25, -0.2) is 0 Å². The number of benzene rings is 1. The van der Waals surface area contributed by atoms with Gasteiger partial charge in [0.15, 0.2) is 0 Å². The van der Waals surface area contributed by atoms with Crippen LogP contribution >= 0.6 is 0 Å². The summed E-state index contributed by atoms with van der Waals surface area (Å²) < 4.78 is 11.2. The number of morpholine rings is 1. The third kappa shape index (κ3) is 3.83. The van der Waals surface area contributed by atoms with Crippen LogP contribution in [0, 0.1) is 0 Å². The molecule has 0 spiro atoms. The molecule has 0 aliphatic carbocycles. The largest absolute Gasteiger partial charge is 0.474 e. The van der Waals surface area contributed by atoms with Crippen LogP contribution in [0.2, 0.25) is 0 Å². The van der Waals surface area contributed by atoms with E-state index in [9.17, 15) is 5.11 Å². The normalized spacial score (nSPS) is 17.7. The molecule has 3 heterocycles. The first kappa shape index (κ1) is 18.0. The number of hydrogen-bond acceptors (Lipinski definition) is 8. The number of rotatable bonds is 6. The van der Waals surface area contributed by atoms with E-state index in [0.717, 1.165) is 43.1 Å². The Kier molecular flexibility index (Phi) is 5.38. The lowest BCUT2D eigenvalue weighted by atomic mass is 10.2. The van der Waals surface area contributed by atoms with Crippen LogP contribution in [0.3, 0.4) is 0 Å². The van der Waals surface area contributed by atoms with E-state index in [1.54, 1.807) is 0 Å². The molecule has 0 bridgehead atoms. The predicted octanol–water partition coefficient (Wildman–Crippen LogP) is 0.739. The number of hydrogen-bond donors (Lipinski definition) is 2. The fourth-order valence-electron chi connectivity index (χ4n) is 3.32. The van der Waals surface area contributed by atoms with Crippen molar-refractivity contribution in [1.29, 1.82) is 0 Å². The Morgan fingerprint density at radius 3 is 2.63 bits per heavy atom. The van der Waals surface area contributed by atoms with Gasteiger partial charge < -0.3 is 29.5 Å². The first-order valence-corrected chi connectivity index (χ1v) is 9.24. The molecule has 0 radical (unpaired) electrons. The molecule has 2 aliphatic heterocycles. The molecule has 8 heteroatoms. The fourth-order valence-corrected chi connectivity index (χ4v) is 3.32. The summed E-state index contributed by atoms with van der Waals surface area (Å²) in [6.07, 6.45) is -0.174. The monoisotopic (exact) mass is 372 g/mol. The molecular weight excluding hydrogens is 348 g/mol. The predicted molar refractivity (Wildman–Crippen MR) is 101 cm³/mol. The van der Waals surface area contributed by atoms with Crippen molar-refractivity contribution >= 4 is 17.5 Å².